The molecule has 0 aliphatic heterocycles. The lowest BCUT2D eigenvalue weighted by molar-refractivity contribution is 0.181. The van der Waals surface area contributed by atoms with Crippen molar-refractivity contribution in [1.29, 1.82) is 0 Å². The van der Waals surface area contributed by atoms with Crippen molar-refractivity contribution in [3.63, 3.8) is 0 Å². The first-order valence-corrected chi connectivity index (χ1v) is 6.44. The lowest BCUT2D eigenvalue weighted by Crippen LogP contribution is -1.95. The minimum absolute atomic E-state index is 0.484. The maximum atomic E-state index is 5.12. The van der Waals surface area contributed by atoms with E-state index in [9.17, 15) is 0 Å². The zero-order valence-electron chi connectivity index (χ0n) is 11.5. The van der Waals surface area contributed by atoms with Gasteiger partial charge in [0.1, 0.15) is 6.33 Å². The Morgan fingerprint density at radius 1 is 1.10 bits per heavy atom. The summed E-state index contributed by atoms with van der Waals surface area (Å²) in [5.74, 6) is 0. The van der Waals surface area contributed by atoms with E-state index in [1.165, 1.54) is 0 Å². The second-order valence-electron chi connectivity index (χ2n) is 4.66. The first kappa shape index (κ1) is 12.7. The third kappa shape index (κ3) is 2.26. The molecule has 4 heteroatoms. The monoisotopic (exact) mass is 265 g/mol. The molecule has 0 bridgehead atoms. The SMILES string of the molecule is COCc1cc(-c2ccc(C)c3ncccc23)ncn1. The normalized spacial score (nSPS) is 10.9. The number of pyridine rings is 1. The summed E-state index contributed by atoms with van der Waals surface area (Å²) in [5.41, 5.74) is 5.01. The Labute approximate surface area is 117 Å². The third-order valence-corrected chi connectivity index (χ3v) is 3.26. The number of fused-ring (bicyclic) bond motifs is 1. The number of aryl methyl sites for hydroxylation is 1. The van der Waals surface area contributed by atoms with Crippen molar-refractivity contribution in [3.8, 4) is 11.3 Å². The zero-order valence-corrected chi connectivity index (χ0v) is 11.5. The largest absolute Gasteiger partial charge is 0.378 e. The molecule has 3 aromatic rings. The van der Waals surface area contributed by atoms with E-state index in [1.54, 1.807) is 13.4 Å². The molecule has 3 rings (SSSR count). The van der Waals surface area contributed by atoms with E-state index in [0.29, 0.717) is 6.61 Å². The first-order chi connectivity index (χ1) is 9.79. The van der Waals surface area contributed by atoms with Gasteiger partial charge in [-0.3, -0.25) is 4.98 Å². The van der Waals surface area contributed by atoms with Crippen LogP contribution in [0.2, 0.25) is 0 Å². The molecule has 0 aliphatic carbocycles. The van der Waals surface area contributed by atoms with Crippen LogP contribution in [-0.2, 0) is 11.3 Å². The quantitative estimate of drug-likeness (QED) is 0.730. The maximum Gasteiger partial charge on any atom is 0.116 e. The Bertz CT molecular complexity index is 756. The lowest BCUT2D eigenvalue weighted by Gasteiger charge is -2.08. The molecular formula is C16H15N3O. The van der Waals surface area contributed by atoms with Crippen LogP contribution in [0.5, 0.6) is 0 Å². The summed E-state index contributed by atoms with van der Waals surface area (Å²) in [6.07, 6.45) is 3.39. The second kappa shape index (κ2) is 5.35. The summed E-state index contributed by atoms with van der Waals surface area (Å²) in [6, 6.07) is 10.1. The van der Waals surface area contributed by atoms with Crippen LogP contribution < -0.4 is 0 Å². The molecule has 0 N–H and O–H groups in total. The van der Waals surface area contributed by atoms with Gasteiger partial charge in [-0.2, -0.15) is 0 Å². The van der Waals surface area contributed by atoms with Gasteiger partial charge in [-0.15, -0.1) is 0 Å². The Morgan fingerprint density at radius 2 is 2.00 bits per heavy atom. The summed E-state index contributed by atoms with van der Waals surface area (Å²) >= 11 is 0. The van der Waals surface area contributed by atoms with Gasteiger partial charge in [-0.05, 0) is 24.6 Å². The first-order valence-electron chi connectivity index (χ1n) is 6.44. The van der Waals surface area contributed by atoms with E-state index in [1.807, 2.05) is 18.3 Å². The fourth-order valence-electron chi connectivity index (χ4n) is 2.31. The number of benzene rings is 1. The molecule has 0 radical (unpaired) electrons. The summed E-state index contributed by atoms with van der Waals surface area (Å²) < 4.78 is 5.12. The van der Waals surface area contributed by atoms with E-state index in [2.05, 4.69) is 40.1 Å². The highest BCUT2D eigenvalue weighted by Gasteiger charge is 2.08. The molecule has 1 aromatic carbocycles. The molecule has 2 heterocycles. The second-order valence-corrected chi connectivity index (χ2v) is 4.66. The minimum Gasteiger partial charge on any atom is -0.378 e. The van der Waals surface area contributed by atoms with Crippen LogP contribution in [0, 0.1) is 6.92 Å². The Hall–Kier alpha value is -2.33. The smallest absolute Gasteiger partial charge is 0.116 e. The van der Waals surface area contributed by atoms with Gasteiger partial charge in [0.05, 0.1) is 23.5 Å². The molecule has 20 heavy (non-hydrogen) atoms. The van der Waals surface area contributed by atoms with Crippen molar-refractivity contribution in [2.45, 2.75) is 13.5 Å². The molecule has 0 spiro atoms. The summed E-state index contributed by atoms with van der Waals surface area (Å²) in [5, 5.41) is 1.11. The maximum absolute atomic E-state index is 5.12. The fraction of sp³-hybridized carbons (Fsp3) is 0.188. The summed E-state index contributed by atoms with van der Waals surface area (Å²) in [4.78, 5) is 13.0. The predicted octanol–water partition coefficient (Wildman–Crippen LogP) is 3.15. The third-order valence-electron chi connectivity index (χ3n) is 3.26. The predicted molar refractivity (Wildman–Crippen MR) is 78.2 cm³/mol. The van der Waals surface area contributed by atoms with Crippen LogP contribution in [0.3, 0.4) is 0 Å². The Morgan fingerprint density at radius 3 is 2.85 bits per heavy atom. The highest BCUT2D eigenvalue weighted by atomic mass is 16.5. The van der Waals surface area contributed by atoms with Gasteiger partial charge in [-0.1, -0.05) is 18.2 Å². The van der Waals surface area contributed by atoms with Crippen molar-refractivity contribution in [3.05, 3.63) is 54.1 Å². The molecule has 0 unspecified atom stereocenters. The summed E-state index contributed by atoms with van der Waals surface area (Å²) in [6.45, 7) is 2.55. The standard InChI is InChI=1S/C16H15N3O/c1-11-5-6-13(14-4-3-7-17-16(11)14)15-8-12(9-20-2)18-10-19-15/h3-8,10H,9H2,1-2H3. The van der Waals surface area contributed by atoms with Crippen molar-refractivity contribution >= 4 is 10.9 Å². The number of hydrogen-bond donors (Lipinski definition) is 0. The van der Waals surface area contributed by atoms with Crippen LogP contribution in [0.4, 0.5) is 0 Å². The molecule has 100 valence electrons. The zero-order chi connectivity index (χ0) is 13.9. The number of methoxy groups -OCH3 is 1. The Kier molecular flexibility index (Phi) is 3.39. The van der Waals surface area contributed by atoms with E-state index in [0.717, 1.165) is 33.4 Å². The average Bonchev–Trinajstić information content (AvgIpc) is 2.49. The van der Waals surface area contributed by atoms with Crippen molar-refractivity contribution < 1.29 is 4.74 Å². The van der Waals surface area contributed by atoms with Crippen LogP contribution in [-0.4, -0.2) is 22.1 Å². The van der Waals surface area contributed by atoms with E-state index in [-0.39, 0.29) is 0 Å². The van der Waals surface area contributed by atoms with Gasteiger partial charge >= 0.3 is 0 Å². The molecule has 0 amide bonds. The molecule has 0 saturated heterocycles. The number of rotatable bonds is 3. The number of aromatic nitrogens is 3. The van der Waals surface area contributed by atoms with Crippen molar-refractivity contribution in [2.24, 2.45) is 0 Å². The van der Waals surface area contributed by atoms with Gasteiger partial charge in [0.25, 0.3) is 0 Å². The topological polar surface area (TPSA) is 47.9 Å². The van der Waals surface area contributed by atoms with Crippen LogP contribution in [0.1, 0.15) is 11.3 Å². The average molecular weight is 265 g/mol. The van der Waals surface area contributed by atoms with Gasteiger partial charge in [0.2, 0.25) is 0 Å². The number of ether oxygens (including phenoxy) is 1. The van der Waals surface area contributed by atoms with Crippen molar-refractivity contribution in [1.82, 2.24) is 15.0 Å². The molecule has 2 aromatic heterocycles. The van der Waals surface area contributed by atoms with Crippen LogP contribution in [0.15, 0.2) is 42.9 Å². The van der Waals surface area contributed by atoms with Gasteiger partial charge in [0.15, 0.2) is 0 Å². The van der Waals surface area contributed by atoms with Gasteiger partial charge < -0.3 is 4.74 Å². The van der Waals surface area contributed by atoms with E-state index >= 15 is 0 Å². The molecular weight excluding hydrogens is 250 g/mol. The fourth-order valence-corrected chi connectivity index (χ4v) is 2.31. The molecule has 0 saturated carbocycles. The molecule has 4 nitrogen and oxygen atoms in total. The van der Waals surface area contributed by atoms with Crippen LogP contribution in [0.25, 0.3) is 22.2 Å². The van der Waals surface area contributed by atoms with Gasteiger partial charge in [-0.25, -0.2) is 9.97 Å². The molecule has 0 fully saturated rings. The van der Waals surface area contributed by atoms with Gasteiger partial charge in [0, 0.05) is 24.3 Å². The minimum atomic E-state index is 0.484. The van der Waals surface area contributed by atoms with Crippen molar-refractivity contribution in [2.75, 3.05) is 7.11 Å². The molecule has 0 atom stereocenters. The van der Waals surface area contributed by atoms with E-state index in [4.69, 9.17) is 4.74 Å². The number of nitrogens with zero attached hydrogens (tertiary/aromatic N) is 3. The summed E-state index contributed by atoms with van der Waals surface area (Å²) in [7, 11) is 1.66. The Balaban J connectivity index is 2.19. The highest BCUT2D eigenvalue weighted by Crippen LogP contribution is 2.28. The van der Waals surface area contributed by atoms with Crippen LogP contribution >= 0.6 is 0 Å². The lowest BCUT2D eigenvalue weighted by atomic mass is 10.0. The highest BCUT2D eigenvalue weighted by molar-refractivity contribution is 5.95. The molecule has 0 aliphatic rings. The van der Waals surface area contributed by atoms with E-state index < -0.39 is 0 Å². The number of hydrogen-bond acceptors (Lipinski definition) is 4.